The Morgan fingerprint density at radius 2 is 2.10 bits per heavy atom. The van der Waals surface area contributed by atoms with Gasteiger partial charge >= 0.3 is 0 Å². The van der Waals surface area contributed by atoms with E-state index < -0.39 is 0 Å². The predicted octanol–water partition coefficient (Wildman–Crippen LogP) is -0.229. The molecule has 2 heterocycles. The fourth-order valence-corrected chi connectivity index (χ4v) is 2.27. The SMILES string of the molecule is C=CCNc1ncnc(N2CCN(CCO)CC2)c1N. The van der Waals surface area contributed by atoms with Gasteiger partial charge < -0.3 is 21.1 Å². The number of aliphatic hydroxyl groups is 1. The third-order valence-corrected chi connectivity index (χ3v) is 3.36. The van der Waals surface area contributed by atoms with Gasteiger partial charge in [-0.1, -0.05) is 6.08 Å². The molecule has 110 valence electrons. The Morgan fingerprint density at radius 3 is 2.75 bits per heavy atom. The smallest absolute Gasteiger partial charge is 0.157 e. The number of anilines is 3. The van der Waals surface area contributed by atoms with Gasteiger partial charge in [-0.05, 0) is 0 Å². The summed E-state index contributed by atoms with van der Waals surface area (Å²) < 4.78 is 0. The number of piperazine rings is 1. The van der Waals surface area contributed by atoms with Crippen molar-refractivity contribution >= 4 is 17.3 Å². The fraction of sp³-hybridized carbons (Fsp3) is 0.538. The molecule has 0 atom stereocenters. The Balaban J connectivity index is 2.04. The first-order valence-corrected chi connectivity index (χ1v) is 6.79. The van der Waals surface area contributed by atoms with Crippen LogP contribution < -0.4 is 16.0 Å². The first-order chi connectivity index (χ1) is 9.76. The van der Waals surface area contributed by atoms with Crippen molar-refractivity contribution in [3.8, 4) is 0 Å². The van der Waals surface area contributed by atoms with Crippen LogP contribution in [-0.4, -0.2) is 65.8 Å². The van der Waals surface area contributed by atoms with Gasteiger partial charge in [0.25, 0.3) is 0 Å². The van der Waals surface area contributed by atoms with Crippen LogP contribution in [-0.2, 0) is 0 Å². The summed E-state index contributed by atoms with van der Waals surface area (Å²) in [5, 5.41) is 12.1. The Kier molecular flexibility index (Phi) is 5.14. The zero-order valence-electron chi connectivity index (χ0n) is 11.6. The maximum absolute atomic E-state index is 8.95. The maximum atomic E-state index is 8.95. The standard InChI is InChI=1S/C13H22N6O/c1-2-3-15-12-11(14)13(17-10-16-12)19-6-4-18(5-7-19)8-9-20/h2,10,20H,1,3-9,14H2,(H,15,16,17). The molecule has 7 nitrogen and oxygen atoms in total. The minimum atomic E-state index is 0.200. The average molecular weight is 278 g/mol. The molecule has 0 spiro atoms. The fourth-order valence-electron chi connectivity index (χ4n) is 2.27. The zero-order chi connectivity index (χ0) is 14.4. The number of nitrogens with two attached hydrogens (primary N) is 1. The third kappa shape index (κ3) is 3.37. The zero-order valence-corrected chi connectivity index (χ0v) is 11.6. The predicted molar refractivity (Wildman–Crippen MR) is 80.9 cm³/mol. The normalized spacial score (nSPS) is 16.1. The molecule has 0 radical (unpaired) electrons. The minimum Gasteiger partial charge on any atom is -0.395 e. The second-order valence-electron chi connectivity index (χ2n) is 4.68. The Hall–Kier alpha value is -1.86. The van der Waals surface area contributed by atoms with Crippen LogP contribution in [0.1, 0.15) is 0 Å². The van der Waals surface area contributed by atoms with E-state index in [1.165, 1.54) is 6.33 Å². The number of hydrogen-bond acceptors (Lipinski definition) is 7. The second kappa shape index (κ2) is 7.06. The van der Waals surface area contributed by atoms with Crippen molar-refractivity contribution in [3.63, 3.8) is 0 Å². The molecule has 7 heteroatoms. The van der Waals surface area contributed by atoms with Gasteiger partial charge in [0.1, 0.15) is 12.0 Å². The van der Waals surface area contributed by atoms with Gasteiger partial charge in [0, 0.05) is 39.3 Å². The van der Waals surface area contributed by atoms with Crippen molar-refractivity contribution in [2.75, 3.05) is 61.8 Å². The van der Waals surface area contributed by atoms with Gasteiger partial charge in [-0.3, -0.25) is 4.90 Å². The summed E-state index contributed by atoms with van der Waals surface area (Å²) in [6.45, 7) is 8.70. The summed E-state index contributed by atoms with van der Waals surface area (Å²) >= 11 is 0. The first-order valence-electron chi connectivity index (χ1n) is 6.79. The van der Waals surface area contributed by atoms with E-state index in [1.807, 2.05) is 0 Å². The largest absolute Gasteiger partial charge is 0.395 e. The second-order valence-corrected chi connectivity index (χ2v) is 4.68. The summed E-state index contributed by atoms with van der Waals surface area (Å²) in [6, 6.07) is 0. The molecule has 2 rings (SSSR count). The summed E-state index contributed by atoms with van der Waals surface area (Å²) in [6.07, 6.45) is 3.28. The highest BCUT2D eigenvalue weighted by molar-refractivity contribution is 5.75. The Bertz CT molecular complexity index is 444. The van der Waals surface area contributed by atoms with Gasteiger partial charge in [-0.15, -0.1) is 6.58 Å². The summed E-state index contributed by atoms with van der Waals surface area (Å²) in [5.74, 6) is 1.42. The van der Waals surface area contributed by atoms with E-state index in [9.17, 15) is 0 Å². The van der Waals surface area contributed by atoms with Crippen molar-refractivity contribution in [1.29, 1.82) is 0 Å². The van der Waals surface area contributed by atoms with Gasteiger partial charge in [-0.2, -0.15) is 0 Å². The van der Waals surface area contributed by atoms with Crippen LogP contribution >= 0.6 is 0 Å². The number of nitrogen functional groups attached to an aromatic ring is 1. The van der Waals surface area contributed by atoms with Crippen LogP contribution in [0, 0.1) is 0 Å². The molecule has 0 bridgehead atoms. The van der Waals surface area contributed by atoms with E-state index >= 15 is 0 Å². The quantitative estimate of drug-likeness (QED) is 0.619. The van der Waals surface area contributed by atoms with E-state index in [2.05, 4.69) is 31.7 Å². The molecule has 0 aromatic carbocycles. The van der Waals surface area contributed by atoms with Gasteiger partial charge in [0.05, 0.1) is 6.61 Å². The molecular formula is C13H22N6O. The lowest BCUT2D eigenvalue weighted by Crippen LogP contribution is -2.47. The molecule has 0 amide bonds. The average Bonchev–Trinajstić information content (AvgIpc) is 2.48. The molecule has 1 aliphatic heterocycles. The maximum Gasteiger partial charge on any atom is 0.157 e. The number of nitrogens with zero attached hydrogens (tertiary/aromatic N) is 4. The van der Waals surface area contributed by atoms with E-state index in [1.54, 1.807) is 6.08 Å². The van der Waals surface area contributed by atoms with Crippen LogP contribution in [0.3, 0.4) is 0 Å². The van der Waals surface area contributed by atoms with E-state index in [0.717, 1.165) is 38.5 Å². The molecule has 0 saturated carbocycles. The minimum absolute atomic E-state index is 0.200. The Morgan fingerprint density at radius 1 is 1.35 bits per heavy atom. The summed E-state index contributed by atoms with van der Waals surface area (Å²) in [4.78, 5) is 12.8. The lowest BCUT2D eigenvalue weighted by atomic mass is 10.3. The molecule has 4 N–H and O–H groups in total. The number of β-amino-alcohol motifs (C(OH)–C–C–N with tert-alkyl or cyclic N) is 1. The van der Waals surface area contributed by atoms with Crippen molar-refractivity contribution in [1.82, 2.24) is 14.9 Å². The van der Waals surface area contributed by atoms with Gasteiger partial charge in [0.15, 0.2) is 11.6 Å². The van der Waals surface area contributed by atoms with Crippen molar-refractivity contribution in [2.45, 2.75) is 0 Å². The topological polar surface area (TPSA) is 90.5 Å². The molecule has 1 fully saturated rings. The highest BCUT2D eigenvalue weighted by atomic mass is 16.3. The summed E-state index contributed by atoms with van der Waals surface area (Å²) in [7, 11) is 0. The van der Waals surface area contributed by atoms with Crippen molar-refractivity contribution in [3.05, 3.63) is 19.0 Å². The van der Waals surface area contributed by atoms with E-state index in [-0.39, 0.29) is 6.61 Å². The Labute approximate surface area is 119 Å². The van der Waals surface area contributed by atoms with Crippen molar-refractivity contribution in [2.24, 2.45) is 0 Å². The van der Waals surface area contributed by atoms with Gasteiger partial charge in [-0.25, -0.2) is 9.97 Å². The van der Waals surface area contributed by atoms with Crippen LogP contribution in [0.15, 0.2) is 19.0 Å². The number of rotatable bonds is 6. The number of hydrogen-bond donors (Lipinski definition) is 3. The first kappa shape index (κ1) is 14.5. The molecule has 1 aromatic rings. The number of aliphatic hydroxyl groups excluding tert-OH is 1. The summed E-state index contributed by atoms with van der Waals surface area (Å²) in [5.41, 5.74) is 6.71. The van der Waals surface area contributed by atoms with Gasteiger partial charge in [0.2, 0.25) is 0 Å². The molecule has 0 unspecified atom stereocenters. The van der Waals surface area contributed by atoms with Crippen LogP contribution in [0.25, 0.3) is 0 Å². The molecule has 1 saturated heterocycles. The van der Waals surface area contributed by atoms with E-state index in [4.69, 9.17) is 10.8 Å². The monoisotopic (exact) mass is 278 g/mol. The number of aromatic nitrogens is 2. The number of nitrogens with one attached hydrogen (secondary N) is 1. The molecule has 20 heavy (non-hydrogen) atoms. The van der Waals surface area contributed by atoms with Crippen molar-refractivity contribution < 1.29 is 5.11 Å². The lowest BCUT2D eigenvalue weighted by molar-refractivity contribution is 0.188. The van der Waals surface area contributed by atoms with E-state index in [0.29, 0.717) is 18.1 Å². The highest BCUT2D eigenvalue weighted by Gasteiger charge is 2.20. The lowest BCUT2D eigenvalue weighted by Gasteiger charge is -2.35. The van der Waals surface area contributed by atoms with Crippen LogP contribution in [0.5, 0.6) is 0 Å². The molecule has 1 aromatic heterocycles. The molecular weight excluding hydrogens is 256 g/mol. The van der Waals surface area contributed by atoms with Crippen LogP contribution in [0.4, 0.5) is 17.3 Å². The van der Waals surface area contributed by atoms with Crippen LogP contribution in [0.2, 0.25) is 0 Å². The molecule has 0 aliphatic carbocycles. The molecule has 1 aliphatic rings. The third-order valence-electron chi connectivity index (χ3n) is 3.36. The highest BCUT2D eigenvalue weighted by Crippen LogP contribution is 2.26.